The van der Waals surface area contributed by atoms with Crippen molar-refractivity contribution in [2.45, 2.75) is 58.4 Å². The number of carbonyl (C=O) groups excluding carboxylic acids is 2. The normalized spacial score (nSPS) is 19.6. The fraction of sp³-hybridized carbons (Fsp3) is 0.462. The van der Waals surface area contributed by atoms with Crippen LogP contribution in [0.3, 0.4) is 0 Å². The molecule has 8 nitrogen and oxygen atoms in total. The fourth-order valence-corrected chi connectivity index (χ4v) is 5.54. The average molecular weight is 461 g/mol. The highest BCUT2D eigenvalue weighted by atomic mass is 16.2. The maximum Gasteiger partial charge on any atom is 0.270 e. The van der Waals surface area contributed by atoms with Gasteiger partial charge in [-0.05, 0) is 81.0 Å². The molecule has 8 heteroatoms. The van der Waals surface area contributed by atoms with Crippen LogP contribution < -0.4 is 10.6 Å². The summed E-state index contributed by atoms with van der Waals surface area (Å²) >= 11 is 0. The van der Waals surface area contributed by atoms with Crippen LogP contribution in [0.2, 0.25) is 0 Å². The van der Waals surface area contributed by atoms with Crippen LogP contribution in [-0.2, 0) is 11.8 Å². The maximum absolute atomic E-state index is 13.5. The number of benzene rings is 1. The van der Waals surface area contributed by atoms with Crippen LogP contribution in [0.15, 0.2) is 36.5 Å². The Balaban J connectivity index is 1.34. The second-order valence-corrected chi connectivity index (χ2v) is 10.0. The molecule has 178 valence electrons. The standard InChI is InChI=1S/C26H32N6O2/c1-16-22(17(2)31-30-16)18-6-8-20(9-7-18)28-25(34)23(19-5-4-11-26(15-19)12-13-26)29-24(33)21-10-14-27-32(21)3/h6-10,14,19,23H,4-5,11-13,15H2,1-3H3,(H,28,34)(H,29,33)(H,30,31)/t19-,23+/m1/s1. The van der Waals surface area contributed by atoms with Gasteiger partial charge in [-0.1, -0.05) is 18.6 Å². The molecule has 0 radical (unpaired) electrons. The lowest BCUT2D eigenvalue weighted by molar-refractivity contribution is -0.119. The fourth-order valence-electron chi connectivity index (χ4n) is 5.54. The van der Waals surface area contributed by atoms with Crippen molar-refractivity contribution < 1.29 is 9.59 Å². The van der Waals surface area contributed by atoms with E-state index in [0.29, 0.717) is 16.8 Å². The molecule has 3 aromatic rings. The van der Waals surface area contributed by atoms with Crippen molar-refractivity contribution in [1.82, 2.24) is 25.3 Å². The number of aryl methyl sites for hydroxylation is 3. The van der Waals surface area contributed by atoms with Gasteiger partial charge in [-0.2, -0.15) is 10.2 Å². The van der Waals surface area contributed by atoms with E-state index in [2.05, 4.69) is 25.9 Å². The number of carbonyl (C=O) groups is 2. The van der Waals surface area contributed by atoms with E-state index in [1.165, 1.54) is 23.9 Å². The van der Waals surface area contributed by atoms with Crippen molar-refractivity contribution >= 4 is 17.5 Å². The maximum atomic E-state index is 13.5. The van der Waals surface area contributed by atoms with E-state index in [-0.39, 0.29) is 17.7 Å². The first-order valence-electron chi connectivity index (χ1n) is 12.1. The van der Waals surface area contributed by atoms with Crippen LogP contribution >= 0.6 is 0 Å². The molecule has 2 saturated carbocycles. The van der Waals surface area contributed by atoms with E-state index < -0.39 is 6.04 Å². The predicted molar refractivity (Wildman–Crippen MR) is 130 cm³/mol. The van der Waals surface area contributed by atoms with Crippen LogP contribution in [0.5, 0.6) is 0 Å². The third-order valence-electron chi connectivity index (χ3n) is 7.60. The molecule has 1 aromatic carbocycles. The zero-order valence-corrected chi connectivity index (χ0v) is 20.0. The number of aromatic nitrogens is 4. The lowest BCUT2D eigenvalue weighted by Crippen LogP contribution is -2.50. The number of H-pyrrole nitrogens is 1. The van der Waals surface area contributed by atoms with Crippen LogP contribution in [-0.4, -0.2) is 37.8 Å². The average Bonchev–Trinajstić information content (AvgIpc) is 3.25. The Kier molecular flexibility index (Phi) is 5.75. The van der Waals surface area contributed by atoms with Gasteiger partial charge in [0.25, 0.3) is 5.91 Å². The monoisotopic (exact) mass is 460 g/mol. The van der Waals surface area contributed by atoms with Crippen molar-refractivity contribution in [3.63, 3.8) is 0 Å². The van der Waals surface area contributed by atoms with Gasteiger partial charge in [0.2, 0.25) is 5.91 Å². The largest absolute Gasteiger partial charge is 0.339 e. The van der Waals surface area contributed by atoms with Gasteiger partial charge in [0.15, 0.2) is 0 Å². The summed E-state index contributed by atoms with van der Waals surface area (Å²) < 4.78 is 1.53. The van der Waals surface area contributed by atoms with Crippen molar-refractivity contribution in [2.24, 2.45) is 18.4 Å². The first-order valence-corrected chi connectivity index (χ1v) is 12.1. The SMILES string of the molecule is Cc1n[nH]c(C)c1-c1ccc(NC(=O)[C@@H](NC(=O)c2ccnn2C)[C@@H]2CCCC3(CC3)C2)cc1. The summed E-state index contributed by atoms with van der Waals surface area (Å²) in [5.41, 5.74) is 5.63. The molecule has 0 bridgehead atoms. The van der Waals surface area contributed by atoms with Gasteiger partial charge >= 0.3 is 0 Å². The molecule has 0 aliphatic heterocycles. The molecule has 2 heterocycles. The summed E-state index contributed by atoms with van der Waals surface area (Å²) in [5.74, 6) is -0.303. The number of hydrogen-bond donors (Lipinski definition) is 3. The van der Waals surface area contributed by atoms with Gasteiger partial charge in [0.05, 0.1) is 5.69 Å². The third kappa shape index (κ3) is 4.36. The molecule has 1 spiro atoms. The molecular weight excluding hydrogens is 428 g/mol. The predicted octanol–water partition coefficient (Wildman–Crippen LogP) is 4.13. The van der Waals surface area contributed by atoms with Crippen LogP contribution in [0, 0.1) is 25.2 Å². The van der Waals surface area contributed by atoms with Crippen molar-refractivity contribution in [1.29, 1.82) is 0 Å². The molecule has 0 saturated heterocycles. The quantitative estimate of drug-likeness (QED) is 0.514. The second-order valence-electron chi connectivity index (χ2n) is 10.0. The lowest BCUT2D eigenvalue weighted by atomic mass is 9.75. The van der Waals surface area contributed by atoms with Crippen LogP contribution in [0.4, 0.5) is 5.69 Å². The highest BCUT2D eigenvalue weighted by Gasteiger charge is 2.48. The number of amides is 2. The third-order valence-corrected chi connectivity index (χ3v) is 7.60. The van der Waals surface area contributed by atoms with E-state index in [1.807, 2.05) is 38.1 Å². The van der Waals surface area contributed by atoms with Gasteiger partial charge in [0.1, 0.15) is 11.7 Å². The molecule has 3 N–H and O–H groups in total. The first kappa shape index (κ1) is 22.4. The lowest BCUT2D eigenvalue weighted by Gasteiger charge is -2.34. The topological polar surface area (TPSA) is 105 Å². The van der Waals surface area contributed by atoms with Gasteiger partial charge in [-0.15, -0.1) is 0 Å². The second kappa shape index (κ2) is 8.74. The van der Waals surface area contributed by atoms with Gasteiger partial charge in [0, 0.05) is 30.2 Å². The molecule has 0 unspecified atom stereocenters. The van der Waals surface area contributed by atoms with E-state index >= 15 is 0 Å². The van der Waals surface area contributed by atoms with Crippen molar-refractivity contribution in [3.8, 4) is 11.1 Å². The van der Waals surface area contributed by atoms with Crippen molar-refractivity contribution in [2.75, 3.05) is 5.32 Å². The molecule has 2 aliphatic rings. The summed E-state index contributed by atoms with van der Waals surface area (Å²) in [4.78, 5) is 26.5. The summed E-state index contributed by atoms with van der Waals surface area (Å²) in [6.07, 6.45) is 8.35. The molecule has 2 aliphatic carbocycles. The minimum absolute atomic E-state index is 0.129. The highest BCUT2D eigenvalue weighted by molar-refractivity contribution is 6.00. The Labute approximate surface area is 199 Å². The number of hydrogen-bond acceptors (Lipinski definition) is 4. The molecule has 2 fully saturated rings. The molecule has 2 atom stereocenters. The first-order chi connectivity index (χ1) is 16.3. The van der Waals surface area contributed by atoms with Gasteiger partial charge in [-0.25, -0.2) is 0 Å². The number of nitrogens with one attached hydrogen (secondary N) is 3. The minimum Gasteiger partial charge on any atom is -0.339 e. The van der Waals surface area contributed by atoms with Gasteiger partial charge < -0.3 is 10.6 Å². The minimum atomic E-state index is -0.585. The zero-order valence-electron chi connectivity index (χ0n) is 20.0. The Morgan fingerprint density at radius 3 is 2.53 bits per heavy atom. The van der Waals surface area contributed by atoms with E-state index in [4.69, 9.17) is 0 Å². The molecule has 5 rings (SSSR count). The summed E-state index contributed by atoms with van der Waals surface area (Å²) in [5, 5.41) is 17.5. The van der Waals surface area contributed by atoms with E-state index in [1.54, 1.807) is 19.3 Å². The Morgan fingerprint density at radius 2 is 1.91 bits per heavy atom. The summed E-state index contributed by atoms with van der Waals surface area (Å²) in [6.45, 7) is 3.97. The van der Waals surface area contributed by atoms with E-state index in [9.17, 15) is 9.59 Å². The zero-order chi connectivity index (χ0) is 23.9. The molecule has 2 aromatic heterocycles. The Bertz CT molecular complexity index is 1180. The van der Waals surface area contributed by atoms with Gasteiger partial charge in [-0.3, -0.25) is 19.4 Å². The van der Waals surface area contributed by atoms with Crippen LogP contribution in [0.25, 0.3) is 11.1 Å². The number of rotatable bonds is 6. The Morgan fingerprint density at radius 1 is 1.15 bits per heavy atom. The van der Waals surface area contributed by atoms with E-state index in [0.717, 1.165) is 41.8 Å². The molecule has 2 amide bonds. The summed E-state index contributed by atoms with van der Waals surface area (Å²) in [6, 6.07) is 8.88. The highest BCUT2D eigenvalue weighted by Crippen LogP contribution is 2.58. The molecule has 34 heavy (non-hydrogen) atoms. The number of nitrogens with zero attached hydrogens (tertiary/aromatic N) is 3. The summed E-state index contributed by atoms with van der Waals surface area (Å²) in [7, 11) is 1.73. The Hall–Kier alpha value is -3.42. The molecular formula is C26H32N6O2. The van der Waals surface area contributed by atoms with Crippen LogP contribution in [0.1, 0.15) is 60.4 Å². The smallest absolute Gasteiger partial charge is 0.270 e. The number of aromatic amines is 1. The number of anilines is 1. The van der Waals surface area contributed by atoms with Crippen molar-refractivity contribution in [3.05, 3.63) is 53.6 Å².